The van der Waals surface area contributed by atoms with E-state index in [-0.39, 0.29) is 5.91 Å². The molecule has 0 atom stereocenters. The quantitative estimate of drug-likeness (QED) is 0.907. The third kappa shape index (κ3) is 3.50. The minimum absolute atomic E-state index is 0.130. The first-order valence-electron chi connectivity index (χ1n) is 4.74. The van der Waals surface area contributed by atoms with E-state index in [0.29, 0.717) is 23.0 Å². The Balaban J connectivity index is 2.78. The lowest BCUT2D eigenvalue weighted by Crippen LogP contribution is -2.27. The first kappa shape index (κ1) is 12.5. The maximum absolute atomic E-state index is 11.7. The van der Waals surface area contributed by atoms with E-state index in [9.17, 15) is 4.79 Å². The summed E-state index contributed by atoms with van der Waals surface area (Å²) in [6, 6.07) is 5.31. The van der Waals surface area contributed by atoms with Gasteiger partial charge in [-0.2, -0.15) is 0 Å². The fourth-order valence-electron chi connectivity index (χ4n) is 1.07. The van der Waals surface area contributed by atoms with Crippen molar-refractivity contribution in [2.75, 3.05) is 6.54 Å². The van der Waals surface area contributed by atoms with Crippen LogP contribution in [0, 0.1) is 5.92 Å². The number of benzene rings is 1. The molecule has 1 aromatic carbocycles. The van der Waals surface area contributed by atoms with E-state index in [4.69, 9.17) is 11.6 Å². The van der Waals surface area contributed by atoms with Crippen LogP contribution >= 0.6 is 27.5 Å². The Morgan fingerprint density at radius 2 is 2.20 bits per heavy atom. The van der Waals surface area contributed by atoms with Crippen LogP contribution in [0.5, 0.6) is 0 Å². The van der Waals surface area contributed by atoms with Crippen LogP contribution in [-0.4, -0.2) is 12.5 Å². The molecule has 1 amide bonds. The molecule has 0 aliphatic heterocycles. The summed E-state index contributed by atoms with van der Waals surface area (Å²) in [5.41, 5.74) is 0.506. The van der Waals surface area contributed by atoms with Crippen molar-refractivity contribution in [3.05, 3.63) is 33.3 Å². The highest BCUT2D eigenvalue weighted by atomic mass is 79.9. The van der Waals surface area contributed by atoms with Crippen molar-refractivity contribution in [3.8, 4) is 0 Å². The number of carbonyl (C=O) groups excluding carboxylic acids is 1. The average molecular weight is 291 g/mol. The lowest BCUT2D eigenvalue weighted by Gasteiger charge is -2.09. The fourth-order valence-corrected chi connectivity index (χ4v) is 1.65. The van der Waals surface area contributed by atoms with Crippen molar-refractivity contribution < 1.29 is 4.79 Å². The van der Waals surface area contributed by atoms with Crippen LogP contribution in [0.4, 0.5) is 0 Å². The predicted octanol–water partition coefficient (Wildman–Crippen LogP) is 3.49. The smallest absolute Gasteiger partial charge is 0.252 e. The lowest BCUT2D eigenvalue weighted by atomic mass is 10.2. The molecule has 15 heavy (non-hydrogen) atoms. The molecule has 0 radical (unpaired) electrons. The molecular weight excluding hydrogens is 277 g/mol. The molecule has 0 heterocycles. The molecule has 0 saturated carbocycles. The monoisotopic (exact) mass is 289 g/mol. The van der Waals surface area contributed by atoms with Crippen molar-refractivity contribution in [2.24, 2.45) is 5.92 Å². The molecule has 0 aliphatic rings. The number of halogens is 2. The normalized spacial score (nSPS) is 10.5. The van der Waals surface area contributed by atoms with Crippen LogP contribution in [0.2, 0.25) is 5.02 Å². The molecule has 1 N–H and O–H groups in total. The van der Waals surface area contributed by atoms with Crippen molar-refractivity contribution in [1.82, 2.24) is 5.32 Å². The molecule has 1 rings (SSSR count). The largest absolute Gasteiger partial charge is 0.352 e. The van der Waals surface area contributed by atoms with E-state index < -0.39 is 0 Å². The summed E-state index contributed by atoms with van der Waals surface area (Å²) in [5, 5.41) is 3.28. The first-order valence-corrected chi connectivity index (χ1v) is 5.91. The standard InChI is InChI=1S/C11H13BrClNO/c1-7(2)6-14-11(15)8-4-3-5-9(12)10(8)13/h3-5,7H,6H2,1-2H3,(H,14,15). The Morgan fingerprint density at radius 3 is 2.80 bits per heavy atom. The molecule has 0 aromatic heterocycles. The van der Waals surface area contributed by atoms with Gasteiger partial charge < -0.3 is 5.32 Å². The zero-order valence-corrected chi connectivity index (χ0v) is 11.0. The van der Waals surface area contributed by atoms with Crippen LogP contribution < -0.4 is 5.32 Å². The van der Waals surface area contributed by atoms with Gasteiger partial charge in [-0.1, -0.05) is 31.5 Å². The van der Waals surface area contributed by atoms with Gasteiger partial charge in [0.05, 0.1) is 10.6 Å². The highest BCUT2D eigenvalue weighted by Gasteiger charge is 2.11. The number of carbonyl (C=O) groups is 1. The Morgan fingerprint density at radius 1 is 1.53 bits per heavy atom. The van der Waals surface area contributed by atoms with Crippen molar-refractivity contribution in [2.45, 2.75) is 13.8 Å². The minimum Gasteiger partial charge on any atom is -0.352 e. The van der Waals surface area contributed by atoms with Gasteiger partial charge in [-0.15, -0.1) is 0 Å². The highest BCUT2D eigenvalue weighted by molar-refractivity contribution is 9.10. The van der Waals surface area contributed by atoms with Gasteiger partial charge in [0.15, 0.2) is 0 Å². The molecule has 0 unspecified atom stereocenters. The van der Waals surface area contributed by atoms with E-state index in [2.05, 4.69) is 21.2 Å². The SMILES string of the molecule is CC(C)CNC(=O)c1cccc(Br)c1Cl. The topological polar surface area (TPSA) is 29.1 Å². The maximum atomic E-state index is 11.7. The number of hydrogen-bond donors (Lipinski definition) is 1. The van der Waals surface area contributed by atoms with Gasteiger partial charge in [-0.25, -0.2) is 0 Å². The zero-order valence-electron chi connectivity index (χ0n) is 8.68. The Kier molecular flexibility index (Phi) is 4.61. The number of nitrogens with one attached hydrogen (secondary N) is 1. The third-order valence-corrected chi connectivity index (χ3v) is 3.16. The summed E-state index contributed by atoms with van der Waals surface area (Å²) in [5.74, 6) is 0.301. The summed E-state index contributed by atoms with van der Waals surface area (Å²) in [6.07, 6.45) is 0. The molecule has 4 heteroatoms. The fraction of sp³-hybridized carbons (Fsp3) is 0.364. The van der Waals surface area contributed by atoms with Crippen LogP contribution in [0.25, 0.3) is 0 Å². The lowest BCUT2D eigenvalue weighted by molar-refractivity contribution is 0.0949. The van der Waals surface area contributed by atoms with Crippen molar-refractivity contribution in [3.63, 3.8) is 0 Å². The van der Waals surface area contributed by atoms with E-state index >= 15 is 0 Å². The molecule has 1 aromatic rings. The third-order valence-electron chi connectivity index (χ3n) is 1.87. The van der Waals surface area contributed by atoms with Gasteiger partial charge in [0, 0.05) is 11.0 Å². The second-order valence-corrected chi connectivity index (χ2v) is 4.94. The van der Waals surface area contributed by atoms with Crippen molar-refractivity contribution >= 4 is 33.4 Å². The minimum atomic E-state index is -0.130. The number of rotatable bonds is 3. The molecular formula is C11H13BrClNO. The van der Waals surface area contributed by atoms with Crippen LogP contribution in [0.3, 0.4) is 0 Å². The Labute approximate surface area is 103 Å². The van der Waals surface area contributed by atoms with Gasteiger partial charge in [0.1, 0.15) is 0 Å². The first-order chi connectivity index (χ1) is 7.02. The summed E-state index contributed by atoms with van der Waals surface area (Å²) in [6.45, 7) is 4.74. The van der Waals surface area contributed by atoms with Gasteiger partial charge in [0.25, 0.3) is 5.91 Å². The molecule has 0 bridgehead atoms. The van der Waals surface area contributed by atoms with Crippen LogP contribution in [0.15, 0.2) is 22.7 Å². The van der Waals surface area contributed by atoms with E-state index in [1.165, 1.54) is 0 Å². The molecule has 0 fully saturated rings. The number of hydrogen-bond acceptors (Lipinski definition) is 1. The highest BCUT2D eigenvalue weighted by Crippen LogP contribution is 2.25. The van der Waals surface area contributed by atoms with Gasteiger partial charge >= 0.3 is 0 Å². The second kappa shape index (κ2) is 5.52. The Hall–Kier alpha value is -0.540. The summed E-state index contributed by atoms with van der Waals surface area (Å²) >= 11 is 9.28. The van der Waals surface area contributed by atoms with Gasteiger partial charge in [-0.05, 0) is 34.0 Å². The summed E-state index contributed by atoms with van der Waals surface area (Å²) in [4.78, 5) is 11.7. The van der Waals surface area contributed by atoms with Crippen LogP contribution in [0.1, 0.15) is 24.2 Å². The Bertz CT molecular complexity index is 366. The molecule has 2 nitrogen and oxygen atoms in total. The number of amides is 1. The second-order valence-electron chi connectivity index (χ2n) is 3.71. The average Bonchev–Trinajstić information content (AvgIpc) is 2.18. The maximum Gasteiger partial charge on any atom is 0.252 e. The van der Waals surface area contributed by atoms with Gasteiger partial charge in [0.2, 0.25) is 0 Å². The summed E-state index contributed by atoms with van der Waals surface area (Å²) in [7, 11) is 0. The predicted molar refractivity (Wildman–Crippen MR) is 66.3 cm³/mol. The van der Waals surface area contributed by atoms with E-state index in [0.717, 1.165) is 4.47 Å². The van der Waals surface area contributed by atoms with Crippen molar-refractivity contribution in [1.29, 1.82) is 0 Å². The van der Waals surface area contributed by atoms with E-state index in [1.54, 1.807) is 12.1 Å². The van der Waals surface area contributed by atoms with E-state index in [1.807, 2.05) is 19.9 Å². The molecule has 0 aliphatic carbocycles. The zero-order chi connectivity index (χ0) is 11.4. The molecule has 82 valence electrons. The van der Waals surface area contributed by atoms with Crippen LogP contribution in [-0.2, 0) is 0 Å². The van der Waals surface area contributed by atoms with Gasteiger partial charge in [-0.3, -0.25) is 4.79 Å². The molecule has 0 saturated heterocycles. The summed E-state index contributed by atoms with van der Waals surface area (Å²) < 4.78 is 0.737. The molecule has 0 spiro atoms.